The number of carbonyl (C=O) groups excluding carboxylic acids is 3. The van der Waals surface area contributed by atoms with Crippen molar-refractivity contribution in [1.82, 2.24) is 0 Å². The molecule has 4 rings (SSSR count). The molecule has 2 aliphatic heterocycles. The number of hydrogen-bond acceptors (Lipinski definition) is 5. The van der Waals surface area contributed by atoms with Gasteiger partial charge in [0.1, 0.15) is 11.5 Å². The number of nitrogens with zero attached hydrogens (tertiary/aromatic N) is 2. The van der Waals surface area contributed by atoms with Gasteiger partial charge in [0, 0.05) is 17.6 Å². The van der Waals surface area contributed by atoms with Crippen LogP contribution in [0.3, 0.4) is 0 Å². The van der Waals surface area contributed by atoms with Gasteiger partial charge in [0.2, 0.25) is 0 Å². The van der Waals surface area contributed by atoms with E-state index in [1.165, 1.54) is 9.80 Å². The molecular formula is C19H15ClN2O5. The van der Waals surface area contributed by atoms with Crippen LogP contribution in [0.1, 0.15) is 10.4 Å². The van der Waals surface area contributed by atoms with Crippen LogP contribution in [0.5, 0.6) is 11.5 Å². The van der Waals surface area contributed by atoms with Crippen molar-refractivity contribution in [2.24, 2.45) is 0 Å². The lowest BCUT2D eigenvalue weighted by Crippen LogP contribution is -2.42. The molecule has 0 saturated carbocycles. The Kier molecular flexibility index (Phi) is 4.24. The van der Waals surface area contributed by atoms with Crippen LogP contribution in [0.2, 0.25) is 5.02 Å². The molecule has 0 aliphatic carbocycles. The van der Waals surface area contributed by atoms with Crippen LogP contribution in [-0.2, 0) is 9.59 Å². The highest BCUT2D eigenvalue weighted by Gasteiger charge is 2.29. The number of anilines is 2. The van der Waals surface area contributed by atoms with Gasteiger partial charge in [0.25, 0.3) is 11.8 Å². The zero-order valence-corrected chi connectivity index (χ0v) is 15.2. The van der Waals surface area contributed by atoms with Gasteiger partial charge in [-0.2, -0.15) is 0 Å². The van der Waals surface area contributed by atoms with Crippen LogP contribution >= 0.6 is 11.6 Å². The number of hydrogen-bond donors (Lipinski definition) is 0. The number of likely N-dealkylation sites (N-methyl/N-ethyl adjacent to an activating group) is 1. The lowest BCUT2D eigenvalue weighted by Gasteiger charge is -2.29. The van der Waals surface area contributed by atoms with E-state index >= 15 is 0 Å². The van der Waals surface area contributed by atoms with E-state index in [1.54, 1.807) is 43.4 Å². The third-order valence-electron chi connectivity index (χ3n) is 4.53. The average Bonchev–Trinajstić information content (AvgIpc) is 2.67. The highest BCUT2D eigenvalue weighted by atomic mass is 35.5. The van der Waals surface area contributed by atoms with Crippen molar-refractivity contribution >= 4 is 40.6 Å². The van der Waals surface area contributed by atoms with Gasteiger partial charge in [-0.05, 0) is 36.4 Å². The van der Waals surface area contributed by atoms with Crippen molar-refractivity contribution in [3.8, 4) is 11.5 Å². The van der Waals surface area contributed by atoms with Gasteiger partial charge < -0.3 is 14.4 Å². The molecule has 138 valence electrons. The van der Waals surface area contributed by atoms with Crippen molar-refractivity contribution in [1.29, 1.82) is 0 Å². The smallest absolute Gasteiger partial charge is 0.265 e. The zero-order valence-electron chi connectivity index (χ0n) is 14.4. The summed E-state index contributed by atoms with van der Waals surface area (Å²) in [6, 6.07) is 9.78. The van der Waals surface area contributed by atoms with Crippen LogP contribution in [-0.4, -0.2) is 44.4 Å². The van der Waals surface area contributed by atoms with E-state index in [1.807, 2.05) is 0 Å². The summed E-state index contributed by atoms with van der Waals surface area (Å²) in [6.45, 7) is -0.333. The molecule has 0 unspecified atom stereocenters. The Hall–Kier alpha value is -3.06. The molecule has 2 amide bonds. The maximum absolute atomic E-state index is 12.8. The van der Waals surface area contributed by atoms with Gasteiger partial charge in [-0.3, -0.25) is 19.3 Å². The largest absolute Gasteiger partial charge is 0.482 e. The van der Waals surface area contributed by atoms with E-state index in [9.17, 15) is 14.4 Å². The monoisotopic (exact) mass is 386 g/mol. The number of fused-ring (bicyclic) bond motifs is 2. The standard InChI is InChI=1S/C19H15ClN2O5/c1-21-13-6-11(2-4-16(13)26-9-18(21)24)15(23)8-22-14-7-12(20)3-5-17(14)27-10-19(22)25/h2-7H,8-10H2,1H3. The molecular weight excluding hydrogens is 372 g/mol. The van der Waals surface area contributed by atoms with Gasteiger partial charge in [0.05, 0.1) is 17.9 Å². The molecule has 0 aromatic heterocycles. The molecule has 0 saturated heterocycles. The Morgan fingerprint density at radius 1 is 1.00 bits per heavy atom. The van der Waals surface area contributed by atoms with Gasteiger partial charge in [-0.15, -0.1) is 0 Å². The molecule has 0 fully saturated rings. The summed E-state index contributed by atoms with van der Waals surface area (Å²) >= 11 is 6.02. The molecule has 0 radical (unpaired) electrons. The van der Waals surface area contributed by atoms with E-state index in [4.69, 9.17) is 21.1 Å². The molecule has 2 aromatic carbocycles. The zero-order chi connectivity index (χ0) is 19.1. The van der Waals surface area contributed by atoms with Crippen LogP contribution in [0.4, 0.5) is 11.4 Å². The minimum absolute atomic E-state index is 0.0311. The number of ketones is 1. The van der Waals surface area contributed by atoms with Crippen LogP contribution in [0, 0.1) is 0 Å². The lowest BCUT2D eigenvalue weighted by molar-refractivity contribution is -0.121. The Morgan fingerprint density at radius 3 is 2.44 bits per heavy atom. The fourth-order valence-electron chi connectivity index (χ4n) is 3.03. The highest BCUT2D eigenvalue weighted by molar-refractivity contribution is 6.31. The van der Waals surface area contributed by atoms with Crippen LogP contribution in [0.15, 0.2) is 36.4 Å². The van der Waals surface area contributed by atoms with Crippen molar-refractivity contribution in [3.05, 3.63) is 47.0 Å². The first-order valence-electron chi connectivity index (χ1n) is 8.23. The predicted molar refractivity (Wildman–Crippen MR) is 99.0 cm³/mol. The first kappa shape index (κ1) is 17.4. The summed E-state index contributed by atoms with van der Waals surface area (Å²) in [5, 5.41) is 0.440. The van der Waals surface area contributed by atoms with Gasteiger partial charge in [-0.1, -0.05) is 11.6 Å². The van der Waals surface area contributed by atoms with E-state index < -0.39 is 0 Å². The SMILES string of the molecule is CN1C(=O)COc2ccc(C(=O)CN3C(=O)COc4ccc(Cl)cc43)cc21. The second-order valence-corrected chi connectivity index (χ2v) is 6.66. The number of halogens is 1. The Morgan fingerprint density at radius 2 is 1.67 bits per heavy atom. The quantitative estimate of drug-likeness (QED) is 0.756. The van der Waals surface area contributed by atoms with Crippen molar-refractivity contribution in [2.45, 2.75) is 0 Å². The molecule has 2 heterocycles. The summed E-state index contributed by atoms with van der Waals surface area (Å²) in [7, 11) is 1.63. The number of Topliss-reactive ketones (excluding diaryl/α,β-unsaturated/α-hetero) is 1. The third kappa shape index (κ3) is 3.10. The topological polar surface area (TPSA) is 76.2 Å². The van der Waals surface area contributed by atoms with E-state index in [2.05, 4.69) is 0 Å². The molecule has 2 aliphatic rings. The average molecular weight is 387 g/mol. The van der Waals surface area contributed by atoms with E-state index in [0.717, 1.165) is 0 Å². The Balaban J connectivity index is 1.63. The summed E-state index contributed by atoms with van der Waals surface area (Å²) in [5.41, 5.74) is 1.36. The second kappa shape index (κ2) is 6.59. The number of rotatable bonds is 3. The van der Waals surface area contributed by atoms with Crippen molar-refractivity contribution in [2.75, 3.05) is 36.6 Å². The minimum Gasteiger partial charge on any atom is -0.482 e. The predicted octanol–water partition coefficient (Wildman–Crippen LogP) is 2.30. The van der Waals surface area contributed by atoms with Gasteiger partial charge in [-0.25, -0.2) is 0 Å². The summed E-state index contributed by atoms with van der Waals surface area (Å²) in [5.74, 6) is 0.236. The van der Waals surface area contributed by atoms with Crippen LogP contribution in [0.25, 0.3) is 0 Å². The number of benzene rings is 2. The van der Waals surface area contributed by atoms with Gasteiger partial charge in [0.15, 0.2) is 19.0 Å². The Labute approximate surface area is 160 Å². The van der Waals surface area contributed by atoms with Crippen molar-refractivity contribution < 1.29 is 23.9 Å². The summed E-state index contributed by atoms with van der Waals surface area (Å²) < 4.78 is 10.8. The maximum atomic E-state index is 12.8. The third-order valence-corrected chi connectivity index (χ3v) is 4.77. The normalized spacial score (nSPS) is 15.6. The fourth-order valence-corrected chi connectivity index (χ4v) is 3.20. The van der Waals surface area contributed by atoms with E-state index in [-0.39, 0.29) is 37.4 Å². The Bertz CT molecular complexity index is 975. The lowest BCUT2D eigenvalue weighted by atomic mass is 10.1. The highest BCUT2D eigenvalue weighted by Crippen LogP contribution is 2.35. The summed E-state index contributed by atoms with van der Waals surface area (Å²) in [4.78, 5) is 39.7. The van der Waals surface area contributed by atoms with Gasteiger partial charge >= 0.3 is 0 Å². The molecule has 2 aromatic rings. The van der Waals surface area contributed by atoms with Crippen molar-refractivity contribution in [3.63, 3.8) is 0 Å². The molecule has 0 N–H and O–H groups in total. The first-order chi connectivity index (χ1) is 12.9. The number of ether oxygens (including phenoxy) is 2. The number of carbonyl (C=O) groups is 3. The first-order valence-corrected chi connectivity index (χ1v) is 8.61. The minimum atomic E-state index is -0.327. The van der Waals surface area contributed by atoms with Crippen LogP contribution < -0.4 is 19.3 Å². The second-order valence-electron chi connectivity index (χ2n) is 6.23. The molecule has 27 heavy (non-hydrogen) atoms. The molecule has 7 nitrogen and oxygen atoms in total. The molecule has 0 atom stereocenters. The molecule has 8 heteroatoms. The fraction of sp³-hybridized carbons (Fsp3) is 0.211. The maximum Gasteiger partial charge on any atom is 0.265 e. The molecule has 0 spiro atoms. The molecule has 0 bridgehead atoms. The summed E-state index contributed by atoms with van der Waals surface area (Å²) in [6.07, 6.45) is 0. The number of amides is 2. The van der Waals surface area contributed by atoms with E-state index in [0.29, 0.717) is 33.5 Å².